The Balaban J connectivity index is 3.68. The highest BCUT2D eigenvalue weighted by atomic mass is 13.9. The normalized spacial score (nSPS) is 12.4. The molecule has 0 spiro atoms. The molecular formula is C8H13. The molecule has 0 heteroatoms. The molecule has 0 nitrogen and oxygen atoms in total. The second-order valence-corrected chi connectivity index (χ2v) is 2.24. The second-order valence-electron chi connectivity index (χ2n) is 2.24. The molecule has 0 aromatic rings. The maximum absolute atomic E-state index is 3.54. The van der Waals surface area contributed by atoms with Crippen LogP contribution in [-0.2, 0) is 0 Å². The summed E-state index contributed by atoms with van der Waals surface area (Å²) in [5, 5.41) is 0. The van der Waals surface area contributed by atoms with Crippen molar-refractivity contribution in [2.75, 3.05) is 0 Å². The van der Waals surface area contributed by atoms with Crippen LogP contribution in [0.1, 0.15) is 20.8 Å². The van der Waals surface area contributed by atoms with Gasteiger partial charge in [0.1, 0.15) is 0 Å². The second kappa shape index (κ2) is 3.48. The van der Waals surface area contributed by atoms with E-state index >= 15 is 0 Å². The van der Waals surface area contributed by atoms with Crippen molar-refractivity contribution in [1.82, 2.24) is 0 Å². The standard InChI is InChI=1S/C8H13/c1-5-8(4)6-7(2)3/h6,8H,1H2,2-4H3. The third kappa shape index (κ3) is 3.66. The summed E-state index contributed by atoms with van der Waals surface area (Å²) in [5.74, 6) is 0.403. The van der Waals surface area contributed by atoms with Gasteiger partial charge >= 0.3 is 0 Å². The first-order valence-electron chi connectivity index (χ1n) is 2.84. The zero-order valence-electron chi connectivity index (χ0n) is 5.86. The molecule has 0 saturated heterocycles. The monoisotopic (exact) mass is 109 g/mol. The highest BCUT2D eigenvalue weighted by molar-refractivity contribution is 4.98. The fourth-order valence-electron chi connectivity index (χ4n) is 0.559. The fraction of sp³-hybridized carbons (Fsp3) is 0.500. The van der Waals surface area contributed by atoms with Gasteiger partial charge in [0.2, 0.25) is 0 Å². The van der Waals surface area contributed by atoms with E-state index in [1.807, 2.05) is 0 Å². The van der Waals surface area contributed by atoms with E-state index in [9.17, 15) is 0 Å². The van der Waals surface area contributed by atoms with Crippen molar-refractivity contribution in [2.24, 2.45) is 5.92 Å². The summed E-state index contributed by atoms with van der Waals surface area (Å²) in [4.78, 5) is 0. The molecule has 0 heterocycles. The summed E-state index contributed by atoms with van der Waals surface area (Å²) in [6.45, 7) is 9.77. The van der Waals surface area contributed by atoms with Crippen LogP contribution < -0.4 is 0 Å². The van der Waals surface area contributed by atoms with Gasteiger partial charge in [0.05, 0.1) is 0 Å². The molecule has 0 saturated carbocycles. The van der Waals surface area contributed by atoms with E-state index in [-0.39, 0.29) is 0 Å². The average Bonchev–Trinajstić information content (AvgIpc) is 1.65. The molecule has 0 rings (SSSR count). The van der Waals surface area contributed by atoms with E-state index in [0.29, 0.717) is 5.92 Å². The quantitative estimate of drug-likeness (QED) is 0.478. The fourth-order valence-corrected chi connectivity index (χ4v) is 0.559. The molecular weight excluding hydrogens is 96.1 g/mol. The minimum Gasteiger partial charge on any atom is -0.0950 e. The third-order valence-electron chi connectivity index (χ3n) is 0.905. The molecule has 1 atom stereocenters. The van der Waals surface area contributed by atoms with Gasteiger partial charge in [-0.3, -0.25) is 0 Å². The summed E-state index contributed by atoms with van der Waals surface area (Å²) in [6, 6.07) is 0. The van der Waals surface area contributed by atoms with Crippen LogP contribution in [0, 0.1) is 12.0 Å². The Morgan fingerprint density at radius 3 is 2.25 bits per heavy atom. The molecule has 0 aliphatic rings. The maximum Gasteiger partial charge on any atom is -0.00111 e. The molecule has 0 fully saturated rings. The molecule has 0 bridgehead atoms. The predicted molar refractivity (Wildman–Crippen MR) is 37.5 cm³/mol. The van der Waals surface area contributed by atoms with Crippen molar-refractivity contribution >= 4 is 0 Å². The Labute approximate surface area is 51.9 Å². The van der Waals surface area contributed by atoms with Gasteiger partial charge in [-0.05, 0) is 25.8 Å². The third-order valence-corrected chi connectivity index (χ3v) is 0.905. The van der Waals surface area contributed by atoms with Gasteiger partial charge in [-0.1, -0.05) is 25.2 Å². The van der Waals surface area contributed by atoms with Gasteiger partial charge in [0.25, 0.3) is 0 Å². The first-order valence-corrected chi connectivity index (χ1v) is 2.84. The molecule has 0 aromatic heterocycles. The van der Waals surface area contributed by atoms with Crippen molar-refractivity contribution in [3.63, 3.8) is 0 Å². The Hall–Kier alpha value is -0.520. The number of hydrogen-bond acceptors (Lipinski definition) is 0. The van der Waals surface area contributed by atoms with Crippen LogP contribution >= 0.6 is 0 Å². The van der Waals surface area contributed by atoms with Gasteiger partial charge in [-0.25, -0.2) is 0 Å². The minimum absolute atomic E-state index is 0.403. The molecule has 0 N–H and O–H groups in total. The zero-order valence-corrected chi connectivity index (χ0v) is 5.86. The van der Waals surface area contributed by atoms with E-state index in [0.717, 1.165) is 0 Å². The Morgan fingerprint density at radius 1 is 1.62 bits per heavy atom. The van der Waals surface area contributed by atoms with Crippen LogP contribution in [0.4, 0.5) is 0 Å². The van der Waals surface area contributed by atoms with Gasteiger partial charge in [-0.15, -0.1) is 0 Å². The average molecular weight is 109 g/mol. The Morgan fingerprint density at radius 2 is 2.12 bits per heavy atom. The van der Waals surface area contributed by atoms with Crippen molar-refractivity contribution in [3.05, 3.63) is 24.3 Å². The van der Waals surface area contributed by atoms with Crippen molar-refractivity contribution in [3.8, 4) is 0 Å². The first kappa shape index (κ1) is 7.48. The molecule has 1 unspecified atom stereocenters. The van der Waals surface area contributed by atoms with Gasteiger partial charge in [0.15, 0.2) is 0 Å². The number of hydrogen-bond donors (Lipinski definition) is 0. The predicted octanol–water partition coefficient (Wildman–Crippen LogP) is 2.58. The van der Waals surface area contributed by atoms with Crippen LogP contribution in [0.15, 0.2) is 18.2 Å². The van der Waals surface area contributed by atoms with Crippen LogP contribution in [0.3, 0.4) is 0 Å². The number of rotatable bonds is 2. The molecule has 8 heavy (non-hydrogen) atoms. The zero-order chi connectivity index (χ0) is 6.57. The Kier molecular flexibility index (Phi) is 3.25. The van der Waals surface area contributed by atoms with Crippen LogP contribution in [0.2, 0.25) is 0 Å². The minimum atomic E-state index is 0.403. The highest BCUT2D eigenvalue weighted by Gasteiger charge is 1.86. The van der Waals surface area contributed by atoms with E-state index in [2.05, 4.69) is 39.5 Å². The first-order chi connectivity index (χ1) is 3.66. The molecule has 1 radical (unpaired) electrons. The largest absolute Gasteiger partial charge is 0.0950 e. The van der Waals surface area contributed by atoms with Crippen molar-refractivity contribution in [2.45, 2.75) is 20.8 Å². The summed E-state index contributed by atoms with van der Waals surface area (Å²) < 4.78 is 0. The molecule has 0 aliphatic heterocycles. The van der Waals surface area contributed by atoms with E-state index in [1.165, 1.54) is 5.57 Å². The summed E-state index contributed by atoms with van der Waals surface area (Å²) in [6.07, 6.45) is 5.00. The van der Waals surface area contributed by atoms with E-state index in [1.54, 1.807) is 0 Å². The van der Waals surface area contributed by atoms with Crippen LogP contribution in [0.5, 0.6) is 0 Å². The Bertz CT molecular complexity index is 94.6. The van der Waals surface area contributed by atoms with Crippen molar-refractivity contribution in [1.29, 1.82) is 0 Å². The summed E-state index contributed by atoms with van der Waals surface area (Å²) in [5.41, 5.74) is 1.33. The lowest BCUT2D eigenvalue weighted by atomic mass is 10.1. The highest BCUT2D eigenvalue weighted by Crippen LogP contribution is 2.00. The topological polar surface area (TPSA) is 0 Å². The van der Waals surface area contributed by atoms with Crippen LogP contribution in [-0.4, -0.2) is 0 Å². The van der Waals surface area contributed by atoms with E-state index < -0.39 is 0 Å². The van der Waals surface area contributed by atoms with Gasteiger partial charge in [0, 0.05) is 0 Å². The molecule has 45 valence electrons. The summed E-state index contributed by atoms with van der Waals surface area (Å²) in [7, 11) is 0. The lowest BCUT2D eigenvalue weighted by molar-refractivity contribution is 0.901. The number of allylic oxidation sites excluding steroid dienone is 3. The molecule has 0 amide bonds. The maximum atomic E-state index is 3.54. The molecule has 0 aliphatic carbocycles. The van der Waals surface area contributed by atoms with E-state index in [4.69, 9.17) is 0 Å². The SMILES string of the molecule is C=[C]C(C)C=C(C)C. The van der Waals surface area contributed by atoms with Crippen molar-refractivity contribution < 1.29 is 0 Å². The van der Waals surface area contributed by atoms with Crippen LogP contribution in [0.25, 0.3) is 0 Å². The lowest BCUT2D eigenvalue weighted by Crippen LogP contribution is -1.81. The van der Waals surface area contributed by atoms with Gasteiger partial charge < -0.3 is 0 Å². The summed E-state index contributed by atoms with van der Waals surface area (Å²) >= 11 is 0. The molecule has 0 aromatic carbocycles. The lowest BCUT2D eigenvalue weighted by Gasteiger charge is -1.94. The smallest absolute Gasteiger partial charge is 0.00111 e. The van der Waals surface area contributed by atoms with Gasteiger partial charge in [-0.2, -0.15) is 0 Å².